The molecule has 27 heavy (non-hydrogen) atoms. The fraction of sp³-hybridized carbons (Fsp3) is 0.318. The molecule has 4 nitrogen and oxygen atoms in total. The van der Waals surface area contributed by atoms with Crippen LogP contribution in [0.15, 0.2) is 36.7 Å². The fourth-order valence-corrected chi connectivity index (χ4v) is 5.01. The number of fused-ring (bicyclic) bond motifs is 1. The van der Waals surface area contributed by atoms with Crippen molar-refractivity contribution in [1.82, 2.24) is 9.97 Å². The fourth-order valence-electron chi connectivity index (χ4n) is 3.82. The van der Waals surface area contributed by atoms with E-state index in [2.05, 4.69) is 43.2 Å². The number of anilines is 1. The molecule has 1 N–H and O–H groups in total. The Morgan fingerprint density at radius 2 is 1.85 bits per heavy atom. The van der Waals surface area contributed by atoms with E-state index in [1.165, 1.54) is 10.4 Å². The van der Waals surface area contributed by atoms with Crippen LogP contribution in [0.25, 0.3) is 10.6 Å². The summed E-state index contributed by atoms with van der Waals surface area (Å²) in [5.74, 6) is 0.123. The minimum Gasteiger partial charge on any atom is -0.325 e. The van der Waals surface area contributed by atoms with E-state index in [-0.39, 0.29) is 11.8 Å². The van der Waals surface area contributed by atoms with Crippen molar-refractivity contribution in [3.05, 3.63) is 63.9 Å². The summed E-state index contributed by atoms with van der Waals surface area (Å²) in [7, 11) is 0. The molecule has 1 unspecified atom stereocenters. The minimum atomic E-state index is 0.00310. The number of aryl methyl sites for hydroxylation is 4. The zero-order valence-electron chi connectivity index (χ0n) is 15.9. The molecule has 0 spiro atoms. The summed E-state index contributed by atoms with van der Waals surface area (Å²) >= 11 is 1.71. The summed E-state index contributed by atoms with van der Waals surface area (Å²) in [6.07, 6.45) is 6.06. The molecule has 2 aromatic heterocycles. The largest absolute Gasteiger partial charge is 0.325 e. The van der Waals surface area contributed by atoms with Crippen molar-refractivity contribution in [1.29, 1.82) is 0 Å². The Bertz CT molecular complexity index is 971. The molecule has 0 saturated carbocycles. The maximum absolute atomic E-state index is 12.9. The van der Waals surface area contributed by atoms with E-state index in [1.807, 2.05) is 12.1 Å². The number of amides is 1. The number of aromatic nitrogens is 2. The molecule has 4 rings (SSSR count). The van der Waals surface area contributed by atoms with Gasteiger partial charge < -0.3 is 5.32 Å². The zero-order chi connectivity index (χ0) is 19.0. The van der Waals surface area contributed by atoms with Gasteiger partial charge in [0.15, 0.2) is 0 Å². The Labute approximate surface area is 163 Å². The van der Waals surface area contributed by atoms with E-state index < -0.39 is 0 Å². The quantitative estimate of drug-likeness (QED) is 0.708. The average molecular weight is 378 g/mol. The van der Waals surface area contributed by atoms with Crippen LogP contribution in [0.2, 0.25) is 0 Å². The molecule has 1 aliphatic carbocycles. The molecule has 5 heteroatoms. The second-order valence-electron chi connectivity index (χ2n) is 7.33. The highest BCUT2D eigenvalue weighted by atomic mass is 32.1. The van der Waals surface area contributed by atoms with Crippen molar-refractivity contribution in [3.63, 3.8) is 0 Å². The topological polar surface area (TPSA) is 54.9 Å². The molecule has 2 heterocycles. The van der Waals surface area contributed by atoms with Gasteiger partial charge in [0, 0.05) is 34.4 Å². The van der Waals surface area contributed by atoms with E-state index in [4.69, 9.17) is 4.98 Å². The van der Waals surface area contributed by atoms with Crippen molar-refractivity contribution >= 4 is 22.9 Å². The number of carbonyl (C=O) groups is 1. The number of rotatable bonds is 3. The van der Waals surface area contributed by atoms with E-state index >= 15 is 0 Å². The van der Waals surface area contributed by atoms with Gasteiger partial charge in [-0.2, -0.15) is 0 Å². The molecule has 0 aliphatic heterocycles. The second-order valence-corrected chi connectivity index (χ2v) is 8.41. The molecule has 0 radical (unpaired) electrons. The van der Waals surface area contributed by atoms with Crippen LogP contribution in [0.5, 0.6) is 0 Å². The molecule has 0 saturated heterocycles. The molecule has 1 amide bonds. The maximum Gasteiger partial charge on any atom is 0.227 e. The maximum atomic E-state index is 12.9. The van der Waals surface area contributed by atoms with E-state index in [0.29, 0.717) is 0 Å². The summed E-state index contributed by atoms with van der Waals surface area (Å²) in [6.45, 7) is 6.19. The molecule has 1 atom stereocenters. The highest BCUT2D eigenvalue weighted by Gasteiger charge is 2.28. The molecule has 0 bridgehead atoms. The normalized spacial score (nSPS) is 16.0. The lowest BCUT2D eigenvalue weighted by atomic mass is 9.90. The monoisotopic (exact) mass is 377 g/mol. The van der Waals surface area contributed by atoms with Gasteiger partial charge in [-0.25, -0.2) is 4.98 Å². The third-order valence-electron chi connectivity index (χ3n) is 5.16. The Hall–Kier alpha value is -2.53. The first-order valence-electron chi connectivity index (χ1n) is 9.29. The van der Waals surface area contributed by atoms with E-state index in [1.54, 1.807) is 23.7 Å². The number of hydrogen-bond donors (Lipinski definition) is 1. The van der Waals surface area contributed by atoms with Crippen molar-refractivity contribution < 1.29 is 4.79 Å². The third kappa shape index (κ3) is 3.65. The average Bonchev–Trinajstić information content (AvgIpc) is 3.08. The molecule has 3 aromatic rings. The van der Waals surface area contributed by atoms with Crippen LogP contribution in [0.3, 0.4) is 0 Å². The highest BCUT2D eigenvalue weighted by molar-refractivity contribution is 7.15. The third-order valence-corrected chi connectivity index (χ3v) is 6.33. The number of benzene rings is 1. The zero-order valence-corrected chi connectivity index (χ0v) is 16.7. The van der Waals surface area contributed by atoms with Crippen LogP contribution >= 0.6 is 11.3 Å². The molecule has 0 fully saturated rings. The Morgan fingerprint density at radius 1 is 1.15 bits per heavy atom. The SMILES string of the molecule is Cc1cc(C)c(NC(=O)C2CCc3nc(-c4ccncc4)sc3C2)c(C)c1. The van der Waals surface area contributed by atoms with Crippen LogP contribution in [-0.2, 0) is 17.6 Å². The van der Waals surface area contributed by atoms with Crippen molar-refractivity contribution in [3.8, 4) is 10.6 Å². The van der Waals surface area contributed by atoms with E-state index in [9.17, 15) is 4.79 Å². The Balaban J connectivity index is 1.51. The van der Waals surface area contributed by atoms with Gasteiger partial charge in [-0.3, -0.25) is 9.78 Å². The van der Waals surface area contributed by atoms with Crippen molar-refractivity contribution in [2.24, 2.45) is 5.92 Å². The first-order valence-corrected chi connectivity index (χ1v) is 10.1. The first kappa shape index (κ1) is 17.9. The van der Waals surface area contributed by atoms with Gasteiger partial charge in [-0.15, -0.1) is 11.3 Å². The van der Waals surface area contributed by atoms with Crippen molar-refractivity contribution in [2.75, 3.05) is 5.32 Å². The smallest absolute Gasteiger partial charge is 0.227 e. The summed E-state index contributed by atoms with van der Waals surface area (Å²) < 4.78 is 0. The van der Waals surface area contributed by atoms with Gasteiger partial charge in [-0.1, -0.05) is 17.7 Å². The lowest BCUT2D eigenvalue weighted by Gasteiger charge is -2.22. The lowest BCUT2D eigenvalue weighted by Crippen LogP contribution is -2.28. The van der Waals surface area contributed by atoms with Crippen LogP contribution in [0, 0.1) is 26.7 Å². The standard InChI is InChI=1S/C22H23N3OS/c1-13-10-14(2)20(15(3)11-13)25-21(26)17-4-5-18-19(12-17)27-22(24-18)16-6-8-23-9-7-16/h6-11,17H,4-5,12H2,1-3H3,(H,25,26). The lowest BCUT2D eigenvalue weighted by molar-refractivity contribution is -0.120. The van der Waals surface area contributed by atoms with Crippen LogP contribution in [0.1, 0.15) is 33.7 Å². The Kier molecular flexibility index (Phi) is 4.79. The predicted octanol–water partition coefficient (Wildman–Crippen LogP) is 4.87. The minimum absolute atomic E-state index is 0.00310. The molecule has 1 aliphatic rings. The van der Waals surface area contributed by atoms with Crippen LogP contribution in [-0.4, -0.2) is 15.9 Å². The van der Waals surface area contributed by atoms with Gasteiger partial charge in [0.25, 0.3) is 0 Å². The van der Waals surface area contributed by atoms with Gasteiger partial charge in [0.2, 0.25) is 5.91 Å². The molecular weight excluding hydrogens is 354 g/mol. The van der Waals surface area contributed by atoms with Crippen molar-refractivity contribution in [2.45, 2.75) is 40.0 Å². The van der Waals surface area contributed by atoms with Gasteiger partial charge >= 0.3 is 0 Å². The predicted molar refractivity (Wildman–Crippen MR) is 110 cm³/mol. The number of thiazole rings is 1. The highest BCUT2D eigenvalue weighted by Crippen LogP contribution is 2.35. The summed E-state index contributed by atoms with van der Waals surface area (Å²) in [4.78, 5) is 23.0. The van der Waals surface area contributed by atoms with Gasteiger partial charge in [-0.05, 0) is 63.3 Å². The number of pyridine rings is 1. The second kappa shape index (κ2) is 7.24. The van der Waals surface area contributed by atoms with Gasteiger partial charge in [0.05, 0.1) is 5.69 Å². The first-order chi connectivity index (χ1) is 13.0. The van der Waals surface area contributed by atoms with Gasteiger partial charge in [0.1, 0.15) is 5.01 Å². The number of nitrogens with zero attached hydrogens (tertiary/aromatic N) is 2. The van der Waals surface area contributed by atoms with Crippen LogP contribution < -0.4 is 5.32 Å². The number of hydrogen-bond acceptors (Lipinski definition) is 4. The van der Waals surface area contributed by atoms with E-state index in [0.717, 1.165) is 52.3 Å². The molecular formula is C22H23N3OS. The summed E-state index contributed by atoms with van der Waals surface area (Å²) in [5, 5.41) is 4.20. The summed E-state index contributed by atoms with van der Waals surface area (Å²) in [6, 6.07) is 8.20. The number of carbonyl (C=O) groups excluding carboxylic acids is 1. The molecule has 138 valence electrons. The number of nitrogens with one attached hydrogen (secondary N) is 1. The Morgan fingerprint density at radius 3 is 2.56 bits per heavy atom. The summed E-state index contributed by atoms with van der Waals surface area (Å²) in [5.41, 5.74) is 6.66. The molecule has 1 aromatic carbocycles. The van der Waals surface area contributed by atoms with Crippen LogP contribution in [0.4, 0.5) is 5.69 Å².